The van der Waals surface area contributed by atoms with Crippen molar-refractivity contribution in [2.45, 2.75) is 52.9 Å². The Morgan fingerprint density at radius 3 is 2.32 bits per heavy atom. The standard InChI is InChI=1S/C21H30F3N5O.HI/c1-5-18-17(19(6-2)29(4)28-18)13-27-20(25-7-3)26-12-15-8-10-16(11-9-15)30-14-21(22,23)24;/h8-11H,5-7,12-14H2,1-4H3,(H2,25,26,27);1H. The smallest absolute Gasteiger partial charge is 0.422 e. The number of aryl methyl sites for hydroxylation is 2. The molecular formula is C21H31F3IN5O. The first-order valence-corrected chi connectivity index (χ1v) is 10.1. The van der Waals surface area contributed by atoms with E-state index in [0.717, 1.165) is 24.1 Å². The number of hydrogen-bond donors (Lipinski definition) is 2. The summed E-state index contributed by atoms with van der Waals surface area (Å²) in [5, 5.41) is 11.2. The Hall–Kier alpha value is -1.98. The summed E-state index contributed by atoms with van der Waals surface area (Å²) in [4.78, 5) is 4.58. The van der Waals surface area contributed by atoms with Crippen molar-refractivity contribution in [3.63, 3.8) is 0 Å². The molecule has 1 heterocycles. The molecule has 6 nitrogen and oxygen atoms in total. The summed E-state index contributed by atoms with van der Waals surface area (Å²) in [6.07, 6.45) is -2.59. The lowest BCUT2D eigenvalue weighted by Gasteiger charge is -2.13. The molecule has 2 N–H and O–H groups in total. The fourth-order valence-electron chi connectivity index (χ4n) is 3.13. The molecule has 0 bridgehead atoms. The number of guanidine groups is 1. The Bertz CT molecular complexity index is 835. The molecular weight excluding hydrogens is 522 g/mol. The van der Waals surface area contributed by atoms with Crippen LogP contribution in [0, 0.1) is 0 Å². The number of aliphatic imine (C=N–C) groups is 1. The lowest BCUT2D eigenvalue weighted by molar-refractivity contribution is -0.153. The van der Waals surface area contributed by atoms with E-state index in [1.165, 1.54) is 23.4 Å². The largest absolute Gasteiger partial charge is 0.484 e. The van der Waals surface area contributed by atoms with Gasteiger partial charge in [-0.1, -0.05) is 26.0 Å². The van der Waals surface area contributed by atoms with E-state index >= 15 is 0 Å². The zero-order valence-corrected chi connectivity index (χ0v) is 20.7. The van der Waals surface area contributed by atoms with Crippen molar-refractivity contribution in [2.75, 3.05) is 13.2 Å². The summed E-state index contributed by atoms with van der Waals surface area (Å²) in [6, 6.07) is 6.47. The van der Waals surface area contributed by atoms with Gasteiger partial charge in [0.2, 0.25) is 0 Å². The van der Waals surface area contributed by atoms with Crippen LogP contribution in [0.3, 0.4) is 0 Å². The normalized spacial score (nSPS) is 11.8. The number of halogens is 4. The predicted molar refractivity (Wildman–Crippen MR) is 127 cm³/mol. The van der Waals surface area contributed by atoms with Gasteiger partial charge in [0.05, 0.1) is 12.2 Å². The molecule has 10 heteroatoms. The van der Waals surface area contributed by atoms with Crippen LogP contribution in [0.25, 0.3) is 0 Å². The second-order valence-corrected chi connectivity index (χ2v) is 6.80. The molecule has 0 fully saturated rings. The maximum atomic E-state index is 12.2. The molecule has 0 atom stereocenters. The summed E-state index contributed by atoms with van der Waals surface area (Å²) in [5.41, 5.74) is 4.34. The summed E-state index contributed by atoms with van der Waals surface area (Å²) < 4.78 is 43.4. The fourth-order valence-corrected chi connectivity index (χ4v) is 3.13. The lowest BCUT2D eigenvalue weighted by atomic mass is 10.1. The highest BCUT2D eigenvalue weighted by Gasteiger charge is 2.28. The van der Waals surface area contributed by atoms with Crippen molar-refractivity contribution in [1.29, 1.82) is 0 Å². The fraction of sp³-hybridized carbons (Fsp3) is 0.524. The third-order valence-electron chi connectivity index (χ3n) is 4.55. The van der Waals surface area contributed by atoms with Crippen LogP contribution in [-0.4, -0.2) is 35.1 Å². The SMILES string of the molecule is CCNC(=NCc1ccc(OCC(F)(F)F)cc1)NCc1c(CC)nn(C)c1CC.I. The minimum Gasteiger partial charge on any atom is -0.484 e. The molecule has 0 aliphatic carbocycles. The van der Waals surface area contributed by atoms with Gasteiger partial charge in [-0.15, -0.1) is 24.0 Å². The van der Waals surface area contributed by atoms with E-state index in [1.807, 2.05) is 18.7 Å². The molecule has 0 spiro atoms. The number of rotatable bonds is 9. The van der Waals surface area contributed by atoms with Crippen molar-refractivity contribution >= 4 is 29.9 Å². The Morgan fingerprint density at radius 1 is 1.10 bits per heavy atom. The van der Waals surface area contributed by atoms with Crippen LogP contribution < -0.4 is 15.4 Å². The van der Waals surface area contributed by atoms with Crippen molar-refractivity contribution in [3.05, 3.63) is 46.8 Å². The van der Waals surface area contributed by atoms with Gasteiger partial charge >= 0.3 is 6.18 Å². The summed E-state index contributed by atoms with van der Waals surface area (Å²) in [7, 11) is 1.96. The highest BCUT2D eigenvalue weighted by molar-refractivity contribution is 14.0. The highest BCUT2D eigenvalue weighted by Crippen LogP contribution is 2.19. The van der Waals surface area contributed by atoms with Gasteiger partial charge in [-0.3, -0.25) is 4.68 Å². The summed E-state index contributed by atoms with van der Waals surface area (Å²) >= 11 is 0. The molecule has 1 aromatic heterocycles. The van der Waals surface area contributed by atoms with Crippen molar-refractivity contribution in [1.82, 2.24) is 20.4 Å². The Morgan fingerprint density at radius 2 is 1.77 bits per heavy atom. The first-order valence-electron chi connectivity index (χ1n) is 10.1. The molecule has 0 saturated heterocycles. The number of benzene rings is 1. The molecule has 2 aromatic rings. The van der Waals surface area contributed by atoms with Crippen LogP contribution in [0.2, 0.25) is 0 Å². The Balaban J connectivity index is 0.00000480. The first kappa shape index (κ1) is 27.1. The van der Waals surface area contributed by atoms with E-state index < -0.39 is 12.8 Å². The summed E-state index contributed by atoms with van der Waals surface area (Å²) in [5.74, 6) is 0.851. The molecule has 0 aliphatic rings. The maximum Gasteiger partial charge on any atom is 0.422 e. The minimum atomic E-state index is -4.35. The Labute approximate surface area is 198 Å². The summed E-state index contributed by atoms with van der Waals surface area (Å²) in [6.45, 7) is 6.62. The molecule has 174 valence electrons. The lowest BCUT2D eigenvalue weighted by Crippen LogP contribution is -2.37. The number of hydrogen-bond acceptors (Lipinski definition) is 3. The van der Waals surface area contributed by atoms with Gasteiger partial charge in [0, 0.05) is 31.4 Å². The van der Waals surface area contributed by atoms with E-state index in [0.29, 0.717) is 25.6 Å². The highest BCUT2D eigenvalue weighted by atomic mass is 127. The van der Waals surface area contributed by atoms with Gasteiger partial charge in [-0.25, -0.2) is 4.99 Å². The number of alkyl halides is 3. The van der Waals surface area contributed by atoms with E-state index in [9.17, 15) is 13.2 Å². The van der Waals surface area contributed by atoms with Crippen molar-refractivity contribution < 1.29 is 17.9 Å². The number of nitrogens with one attached hydrogen (secondary N) is 2. The molecule has 0 aliphatic heterocycles. The van der Waals surface area contributed by atoms with Gasteiger partial charge in [0.1, 0.15) is 5.75 Å². The molecule has 0 unspecified atom stereocenters. The number of ether oxygens (including phenoxy) is 1. The van der Waals surface area contributed by atoms with Crippen LogP contribution in [0.15, 0.2) is 29.3 Å². The average Bonchev–Trinajstić information content (AvgIpc) is 3.03. The minimum absolute atomic E-state index is 0. The maximum absolute atomic E-state index is 12.2. The zero-order chi connectivity index (χ0) is 22.1. The van der Waals surface area contributed by atoms with Gasteiger partial charge in [-0.2, -0.15) is 18.3 Å². The molecule has 0 radical (unpaired) electrons. The predicted octanol–water partition coefficient (Wildman–Crippen LogP) is 4.36. The van der Waals surface area contributed by atoms with Crippen LogP contribution in [0.4, 0.5) is 13.2 Å². The molecule has 1 aromatic carbocycles. The second kappa shape index (κ2) is 12.8. The van der Waals surface area contributed by atoms with E-state index in [-0.39, 0.29) is 29.7 Å². The van der Waals surface area contributed by atoms with Crippen LogP contribution in [-0.2, 0) is 33.0 Å². The van der Waals surface area contributed by atoms with Crippen molar-refractivity contribution in [3.8, 4) is 5.75 Å². The second-order valence-electron chi connectivity index (χ2n) is 6.80. The van der Waals surface area contributed by atoms with Crippen molar-refractivity contribution in [2.24, 2.45) is 12.0 Å². The van der Waals surface area contributed by atoms with E-state index in [4.69, 9.17) is 4.74 Å². The van der Waals surface area contributed by atoms with Gasteiger partial charge in [-0.05, 0) is 37.5 Å². The van der Waals surface area contributed by atoms with Gasteiger partial charge in [0.25, 0.3) is 0 Å². The zero-order valence-electron chi connectivity index (χ0n) is 18.3. The molecule has 0 saturated carbocycles. The number of nitrogens with zero attached hydrogens (tertiary/aromatic N) is 3. The third kappa shape index (κ3) is 8.58. The molecule has 2 rings (SSSR count). The Kier molecular flexibility index (Phi) is 11.1. The molecule has 31 heavy (non-hydrogen) atoms. The quantitative estimate of drug-likeness (QED) is 0.275. The average molecular weight is 553 g/mol. The first-order chi connectivity index (χ1) is 14.3. The van der Waals surface area contributed by atoms with Crippen LogP contribution >= 0.6 is 24.0 Å². The number of aromatic nitrogens is 2. The monoisotopic (exact) mass is 553 g/mol. The molecule has 0 amide bonds. The third-order valence-corrected chi connectivity index (χ3v) is 4.55. The van der Waals surface area contributed by atoms with Gasteiger partial charge < -0.3 is 15.4 Å². The van der Waals surface area contributed by atoms with Gasteiger partial charge in [0.15, 0.2) is 12.6 Å². The van der Waals surface area contributed by atoms with E-state index in [1.54, 1.807) is 12.1 Å². The van der Waals surface area contributed by atoms with Crippen LogP contribution in [0.1, 0.15) is 43.3 Å². The van der Waals surface area contributed by atoms with Crippen LogP contribution in [0.5, 0.6) is 5.75 Å². The van der Waals surface area contributed by atoms with E-state index in [2.05, 4.69) is 34.6 Å². The topological polar surface area (TPSA) is 63.5 Å².